The fraction of sp³-hybridized carbons (Fsp3) is 0.391. The van der Waals surface area contributed by atoms with Crippen molar-refractivity contribution in [3.05, 3.63) is 65.7 Å². The van der Waals surface area contributed by atoms with Gasteiger partial charge in [0.15, 0.2) is 0 Å². The first-order chi connectivity index (χ1) is 13.3. The molecule has 1 aromatic heterocycles. The van der Waals surface area contributed by atoms with Crippen LogP contribution in [-0.2, 0) is 12.1 Å². The van der Waals surface area contributed by atoms with Gasteiger partial charge in [-0.05, 0) is 62.2 Å². The summed E-state index contributed by atoms with van der Waals surface area (Å²) in [7, 11) is 0. The molecule has 0 radical (unpaired) electrons. The van der Waals surface area contributed by atoms with Gasteiger partial charge in [-0.3, -0.25) is 4.79 Å². The Morgan fingerprint density at radius 3 is 2.50 bits per heavy atom. The van der Waals surface area contributed by atoms with Crippen LogP contribution in [0, 0.1) is 0 Å². The van der Waals surface area contributed by atoms with Crippen LogP contribution in [0.3, 0.4) is 0 Å². The van der Waals surface area contributed by atoms with Crippen LogP contribution in [0.1, 0.15) is 55.7 Å². The highest BCUT2D eigenvalue weighted by Crippen LogP contribution is 2.39. The summed E-state index contributed by atoms with van der Waals surface area (Å²) < 4.78 is 2.00. The van der Waals surface area contributed by atoms with E-state index in [0.29, 0.717) is 12.0 Å². The van der Waals surface area contributed by atoms with E-state index in [0.717, 1.165) is 28.6 Å². The molecule has 146 valence electrons. The topological polar surface area (TPSA) is 58.4 Å². The maximum atomic E-state index is 13.0. The second kappa shape index (κ2) is 6.74. The molecular weight excluding hydrogens is 350 g/mol. The molecule has 1 aliphatic heterocycles. The van der Waals surface area contributed by atoms with E-state index in [-0.39, 0.29) is 18.0 Å². The summed E-state index contributed by atoms with van der Waals surface area (Å²) in [6, 6.07) is 12.1. The number of rotatable bonds is 4. The highest BCUT2D eigenvalue weighted by Gasteiger charge is 2.39. The minimum Gasteiger partial charge on any atom is -0.379 e. The van der Waals surface area contributed by atoms with Crippen molar-refractivity contribution in [1.29, 1.82) is 0 Å². The molecule has 1 aliphatic rings. The number of hydrogen-bond donors (Lipinski definition) is 1. The lowest BCUT2D eigenvalue weighted by Gasteiger charge is -2.31. The molecule has 1 amide bonds. The lowest BCUT2D eigenvalue weighted by molar-refractivity contribution is 0.0643. The molecule has 0 aliphatic carbocycles. The van der Waals surface area contributed by atoms with E-state index in [1.54, 1.807) is 12.5 Å². The molecule has 0 saturated carbocycles. The highest BCUT2D eigenvalue weighted by molar-refractivity contribution is 5.99. The zero-order chi connectivity index (χ0) is 20.1. The van der Waals surface area contributed by atoms with E-state index in [1.807, 2.05) is 73.6 Å². The van der Waals surface area contributed by atoms with E-state index in [9.17, 15) is 9.90 Å². The maximum absolute atomic E-state index is 13.0. The molecule has 2 heterocycles. The van der Waals surface area contributed by atoms with E-state index < -0.39 is 5.60 Å². The van der Waals surface area contributed by atoms with E-state index >= 15 is 0 Å². The summed E-state index contributed by atoms with van der Waals surface area (Å²) in [5.74, 6) is 0.0503. The Morgan fingerprint density at radius 2 is 1.79 bits per heavy atom. The van der Waals surface area contributed by atoms with Crippen LogP contribution in [0.25, 0.3) is 10.8 Å². The Labute approximate surface area is 165 Å². The molecule has 3 aromatic rings. The van der Waals surface area contributed by atoms with Gasteiger partial charge in [-0.2, -0.15) is 0 Å². The monoisotopic (exact) mass is 377 g/mol. The van der Waals surface area contributed by atoms with E-state index in [1.165, 1.54) is 0 Å². The lowest BCUT2D eigenvalue weighted by atomic mass is 9.88. The molecule has 0 fully saturated rings. The van der Waals surface area contributed by atoms with Gasteiger partial charge < -0.3 is 14.6 Å². The summed E-state index contributed by atoms with van der Waals surface area (Å²) in [5.41, 5.74) is 1.39. The van der Waals surface area contributed by atoms with Gasteiger partial charge in [-0.25, -0.2) is 4.98 Å². The number of aliphatic hydroxyl groups is 1. The Balaban J connectivity index is 1.70. The number of aromatic nitrogens is 2. The molecule has 1 N–H and O–H groups in total. The van der Waals surface area contributed by atoms with Crippen LogP contribution < -0.4 is 0 Å². The van der Waals surface area contributed by atoms with Crippen molar-refractivity contribution >= 4 is 16.7 Å². The molecule has 0 spiro atoms. The molecular formula is C23H27N3O2. The Kier molecular flexibility index (Phi) is 4.50. The largest absolute Gasteiger partial charge is 0.379 e. The van der Waals surface area contributed by atoms with Crippen molar-refractivity contribution in [2.24, 2.45) is 0 Å². The first-order valence-electron chi connectivity index (χ1n) is 9.91. The summed E-state index contributed by atoms with van der Waals surface area (Å²) in [6.07, 6.45) is 4.15. The van der Waals surface area contributed by atoms with Crippen LogP contribution in [0.5, 0.6) is 0 Å². The van der Waals surface area contributed by atoms with Crippen LogP contribution in [0.2, 0.25) is 0 Å². The number of carbonyl (C=O) groups excluding carboxylic acids is 1. The summed E-state index contributed by atoms with van der Waals surface area (Å²) >= 11 is 0. The second-order valence-electron chi connectivity index (χ2n) is 8.26. The third-order valence-electron chi connectivity index (χ3n) is 5.76. The fourth-order valence-corrected chi connectivity index (χ4v) is 4.40. The smallest absolute Gasteiger partial charge is 0.254 e. The van der Waals surface area contributed by atoms with E-state index in [2.05, 4.69) is 4.98 Å². The summed E-state index contributed by atoms with van der Waals surface area (Å²) in [4.78, 5) is 19.0. The molecule has 28 heavy (non-hydrogen) atoms. The van der Waals surface area contributed by atoms with Crippen LogP contribution in [-0.4, -0.2) is 37.5 Å². The summed E-state index contributed by atoms with van der Waals surface area (Å²) in [5, 5.41) is 13.3. The number of hydrogen-bond acceptors (Lipinski definition) is 3. The van der Waals surface area contributed by atoms with Crippen molar-refractivity contribution < 1.29 is 9.90 Å². The highest BCUT2D eigenvalue weighted by atomic mass is 16.3. The second-order valence-corrected chi connectivity index (χ2v) is 8.26. The fourth-order valence-electron chi connectivity index (χ4n) is 4.40. The third kappa shape index (κ3) is 2.90. The molecule has 2 aromatic carbocycles. The number of amides is 1. The van der Waals surface area contributed by atoms with E-state index in [4.69, 9.17) is 0 Å². The van der Waals surface area contributed by atoms with Gasteiger partial charge in [0, 0.05) is 30.6 Å². The SMILES string of the molecule is CC(C)N(C(=O)c1ccc2cc(C3(O)CCn4cncc43)ccc2c1)C(C)C. The molecule has 1 unspecified atom stereocenters. The average molecular weight is 377 g/mol. The molecule has 1 atom stereocenters. The van der Waals surface area contributed by atoms with Crippen molar-refractivity contribution in [2.45, 2.75) is 58.3 Å². The Morgan fingerprint density at radius 1 is 1.11 bits per heavy atom. The van der Waals surface area contributed by atoms with Crippen LogP contribution in [0.4, 0.5) is 0 Å². The lowest BCUT2D eigenvalue weighted by Crippen LogP contribution is -2.42. The zero-order valence-electron chi connectivity index (χ0n) is 16.9. The number of nitrogens with zero attached hydrogens (tertiary/aromatic N) is 3. The quantitative estimate of drug-likeness (QED) is 0.749. The van der Waals surface area contributed by atoms with Gasteiger partial charge in [0.25, 0.3) is 5.91 Å². The van der Waals surface area contributed by atoms with Gasteiger partial charge in [0.2, 0.25) is 0 Å². The van der Waals surface area contributed by atoms with Crippen molar-refractivity contribution in [1.82, 2.24) is 14.5 Å². The van der Waals surface area contributed by atoms with Crippen LogP contribution in [0.15, 0.2) is 48.9 Å². The minimum absolute atomic E-state index is 0.0503. The van der Waals surface area contributed by atoms with Crippen molar-refractivity contribution in [3.63, 3.8) is 0 Å². The molecule has 4 rings (SSSR count). The molecule has 0 bridgehead atoms. The Hall–Kier alpha value is -2.66. The molecule has 0 saturated heterocycles. The normalized spacial score (nSPS) is 18.8. The zero-order valence-corrected chi connectivity index (χ0v) is 16.9. The van der Waals surface area contributed by atoms with Gasteiger partial charge >= 0.3 is 0 Å². The third-order valence-corrected chi connectivity index (χ3v) is 5.76. The van der Waals surface area contributed by atoms with Crippen molar-refractivity contribution in [3.8, 4) is 0 Å². The minimum atomic E-state index is -1.01. The van der Waals surface area contributed by atoms with Gasteiger partial charge in [0.1, 0.15) is 5.60 Å². The number of imidazole rings is 1. The Bertz CT molecular complexity index is 1030. The number of aryl methyl sites for hydroxylation is 1. The van der Waals surface area contributed by atoms with Crippen molar-refractivity contribution in [2.75, 3.05) is 0 Å². The maximum Gasteiger partial charge on any atom is 0.254 e. The first-order valence-corrected chi connectivity index (χ1v) is 9.91. The number of benzene rings is 2. The standard InChI is InChI=1S/C23H27N3O2/c1-15(2)26(16(3)4)22(27)19-6-5-18-12-20(8-7-17(18)11-19)23(28)9-10-25-14-24-13-21(23)25/h5-8,11-16,28H,9-10H2,1-4H3. The number of carbonyl (C=O) groups is 1. The first kappa shape index (κ1) is 18.7. The predicted octanol–water partition coefficient (Wildman–Crippen LogP) is 3.93. The molecule has 5 nitrogen and oxygen atoms in total. The van der Waals surface area contributed by atoms with Gasteiger partial charge in [-0.15, -0.1) is 0 Å². The number of fused-ring (bicyclic) bond motifs is 2. The summed E-state index contributed by atoms with van der Waals surface area (Å²) in [6.45, 7) is 8.92. The van der Waals surface area contributed by atoms with Crippen LogP contribution >= 0.6 is 0 Å². The predicted molar refractivity (Wildman–Crippen MR) is 110 cm³/mol. The van der Waals surface area contributed by atoms with Gasteiger partial charge in [0.05, 0.1) is 18.2 Å². The average Bonchev–Trinajstić information content (AvgIpc) is 3.25. The molecule has 5 heteroatoms. The van der Waals surface area contributed by atoms with Gasteiger partial charge in [-0.1, -0.05) is 18.2 Å².